The highest BCUT2D eigenvalue weighted by Crippen LogP contribution is 2.44. The van der Waals surface area contributed by atoms with E-state index in [-0.39, 0.29) is 18.5 Å². The zero-order valence-electron chi connectivity index (χ0n) is 20.5. The van der Waals surface area contributed by atoms with Crippen molar-refractivity contribution in [3.8, 4) is 5.75 Å². The van der Waals surface area contributed by atoms with Crippen molar-refractivity contribution in [1.82, 2.24) is 0 Å². The smallest absolute Gasteiger partial charge is 0.132 e. The van der Waals surface area contributed by atoms with Crippen LogP contribution >= 0.6 is 15.9 Å². The third kappa shape index (κ3) is 6.43. The van der Waals surface area contributed by atoms with Crippen molar-refractivity contribution in [1.29, 1.82) is 0 Å². The summed E-state index contributed by atoms with van der Waals surface area (Å²) in [7, 11) is 0. The second-order valence-electron chi connectivity index (χ2n) is 9.41. The zero-order chi connectivity index (χ0) is 24.8. The van der Waals surface area contributed by atoms with Gasteiger partial charge in [-0.3, -0.25) is 0 Å². The first-order valence-electron chi connectivity index (χ1n) is 12.2. The SMILES string of the molecule is CCCCOC1c2cc(NCc3ccccc3)ccc2OC(C)(C)C1OCc1ccc(Br)cc1F. The van der Waals surface area contributed by atoms with Gasteiger partial charge < -0.3 is 19.5 Å². The van der Waals surface area contributed by atoms with E-state index in [9.17, 15) is 4.39 Å². The van der Waals surface area contributed by atoms with Crippen molar-refractivity contribution in [3.63, 3.8) is 0 Å². The van der Waals surface area contributed by atoms with Gasteiger partial charge in [0.15, 0.2) is 0 Å². The monoisotopic (exact) mass is 541 g/mol. The molecule has 35 heavy (non-hydrogen) atoms. The lowest BCUT2D eigenvalue weighted by Gasteiger charge is -2.44. The Morgan fingerprint density at radius 3 is 2.57 bits per heavy atom. The summed E-state index contributed by atoms with van der Waals surface area (Å²) in [6.07, 6.45) is 1.23. The van der Waals surface area contributed by atoms with E-state index in [0.29, 0.717) is 16.6 Å². The molecule has 2 unspecified atom stereocenters. The van der Waals surface area contributed by atoms with Gasteiger partial charge in [0, 0.05) is 34.4 Å². The largest absolute Gasteiger partial charge is 0.485 e. The van der Waals surface area contributed by atoms with E-state index in [1.165, 1.54) is 11.6 Å². The van der Waals surface area contributed by atoms with Crippen LogP contribution in [0.2, 0.25) is 0 Å². The van der Waals surface area contributed by atoms with Crippen LogP contribution in [0.3, 0.4) is 0 Å². The Morgan fingerprint density at radius 1 is 1.03 bits per heavy atom. The summed E-state index contributed by atoms with van der Waals surface area (Å²) >= 11 is 3.31. The fourth-order valence-electron chi connectivity index (χ4n) is 4.28. The Morgan fingerprint density at radius 2 is 1.83 bits per heavy atom. The minimum Gasteiger partial charge on any atom is -0.485 e. The van der Waals surface area contributed by atoms with Crippen molar-refractivity contribution in [2.24, 2.45) is 0 Å². The molecule has 2 atom stereocenters. The summed E-state index contributed by atoms with van der Waals surface area (Å²) in [6, 6.07) is 21.4. The van der Waals surface area contributed by atoms with Crippen LogP contribution in [-0.2, 0) is 22.6 Å². The van der Waals surface area contributed by atoms with Gasteiger partial charge in [-0.25, -0.2) is 4.39 Å². The van der Waals surface area contributed by atoms with Gasteiger partial charge >= 0.3 is 0 Å². The van der Waals surface area contributed by atoms with Crippen LogP contribution in [0.4, 0.5) is 10.1 Å². The van der Waals surface area contributed by atoms with E-state index < -0.39 is 11.7 Å². The minimum atomic E-state index is -0.658. The highest BCUT2D eigenvalue weighted by molar-refractivity contribution is 9.10. The Bertz CT molecular complexity index is 1120. The first kappa shape index (κ1) is 25.7. The third-order valence-electron chi connectivity index (χ3n) is 6.22. The fraction of sp³-hybridized carbons (Fsp3) is 0.379. The van der Waals surface area contributed by atoms with Gasteiger partial charge in [-0.1, -0.05) is 65.7 Å². The molecule has 186 valence electrons. The summed E-state index contributed by atoms with van der Waals surface area (Å²) in [6.45, 7) is 7.60. The predicted molar refractivity (Wildman–Crippen MR) is 141 cm³/mol. The fourth-order valence-corrected chi connectivity index (χ4v) is 4.61. The lowest BCUT2D eigenvalue weighted by molar-refractivity contribution is -0.167. The second-order valence-corrected chi connectivity index (χ2v) is 10.3. The Balaban J connectivity index is 1.58. The van der Waals surface area contributed by atoms with Crippen molar-refractivity contribution in [2.45, 2.75) is 64.6 Å². The van der Waals surface area contributed by atoms with Crippen molar-refractivity contribution >= 4 is 21.6 Å². The molecule has 0 amide bonds. The molecule has 1 heterocycles. The van der Waals surface area contributed by atoms with Gasteiger partial charge in [0.25, 0.3) is 0 Å². The van der Waals surface area contributed by atoms with Crippen molar-refractivity contribution in [3.05, 3.63) is 93.7 Å². The lowest BCUT2D eigenvalue weighted by atomic mass is 9.87. The highest BCUT2D eigenvalue weighted by Gasteiger charge is 2.45. The maximum absolute atomic E-state index is 14.5. The minimum absolute atomic E-state index is 0.130. The maximum atomic E-state index is 14.5. The van der Waals surface area contributed by atoms with Gasteiger partial charge in [-0.05, 0) is 56.2 Å². The standard InChI is InChI=1S/C29H33BrFNO3/c1-4-5-15-33-27-24-17-23(32-18-20-9-7-6-8-10-20)13-14-26(24)35-29(2,3)28(27)34-19-21-11-12-22(30)16-25(21)31/h6-14,16-17,27-28,32H,4-5,15,18-19H2,1-3H3. The summed E-state index contributed by atoms with van der Waals surface area (Å²) < 4.78 is 34.3. The average Bonchev–Trinajstić information content (AvgIpc) is 2.83. The van der Waals surface area contributed by atoms with Crippen LogP contribution in [0.1, 0.15) is 56.4 Å². The van der Waals surface area contributed by atoms with E-state index in [0.717, 1.165) is 36.4 Å². The number of hydrogen-bond acceptors (Lipinski definition) is 4. The molecule has 3 aromatic rings. The summed E-state index contributed by atoms with van der Waals surface area (Å²) in [5.74, 6) is 0.488. The van der Waals surface area contributed by atoms with E-state index >= 15 is 0 Å². The predicted octanol–water partition coefficient (Wildman–Crippen LogP) is 7.81. The van der Waals surface area contributed by atoms with Gasteiger partial charge in [0.05, 0.1) is 6.61 Å². The molecule has 3 aromatic carbocycles. The van der Waals surface area contributed by atoms with Crippen LogP contribution in [0.5, 0.6) is 5.75 Å². The van der Waals surface area contributed by atoms with Crippen molar-refractivity contribution < 1.29 is 18.6 Å². The molecule has 0 radical (unpaired) electrons. The van der Waals surface area contributed by atoms with Crippen LogP contribution < -0.4 is 10.1 Å². The van der Waals surface area contributed by atoms with E-state index in [1.807, 2.05) is 50.2 Å². The Hall–Kier alpha value is -2.41. The second kappa shape index (κ2) is 11.5. The molecule has 0 spiro atoms. The molecule has 1 aliphatic heterocycles. The summed E-state index contributed by atoms with van der Waals surface area (Å²) in [4.78, 5) is 0. The number of fused-ring (bicyclic) bond motifs is 1. The normalized spacial score (nSPS) is 18.5. The average molecular weight is 542 g/mol. The Kier molecular flexibility index (Phi) is 8.47. The molecular formula is C29H33BrFNO3. The number of unbranched alkanes of at least 4 members (excludes halogenated alkanes) is 1. The molecule has 4 rings (SSSR count). The number of halogens is 2. The Labute approximate surface area is 215 Å². The zero-order valence-corrected chi connectivity index (χ0v) is 22.1. The van der Waals surface area contributed by atoms with Crippen LogP contribution in [0, 0.1) is 5.82 Å². The molecule has 1 N–H and O–H groups in total. The molecule has 0 aliphatic carbocycles. The van der Waals surface area contributed by atoms with E-state index in [2.05, 4.69) is 46.4 Å². The quantitative estimate of drug-likeness (QED) is 0.265. The maximum Gasteiger partial charge on any atom is 0.132 e. The number of rotatable bonds is 10. The third-order valence-corrected chi connectivity index (χ3v) is 6.71. The lowest BCUT2D eigenvalue weighted by Crippen LogP contribution is -2.51. The number of anilines is 1. The first-order chi connectivity index (χ1) is 16.9. The first-order valence-corrected chi connectivity index (χ1v) is 12.9. The molecule has 0 fully saturated rings. The molecule has 0 aromatic heterocycles. The van der Waals surface area contributed by atoms with Crippen molar-refractivity contribution in [2.75, 3.05) is 11.9 Å². The molecular weight excluding hydrogens is 509 g/mol. The number of ether oxygens (including phenoxy) is 3. The van der Waals surface area contributed by atoms with Crippen LogP contribution in [0.15, 0.2) is 71.2 Å². The molecule has 6 heteroatoms. The highest BCUT2D eigenvalue weighted by atomic mass is 79.9. The number of nitrogens with one attached hydrogen (secondary N) is 1. The molecule has 0 bridgehead atoms. The summed E-state index contributed by atoms with van der Waals surface area (Å²) in [5.41, 5.74) is 2.98. The van der Waals surface area contributed by atoms with Gasteiger partial charge in [0.2, 0.25) is 0 Å². The van der Waals surface area contributed by atoms with E-state index in [4.69, 9.17) is 14.2 Å². The molecule has 0 saturated heterocycles. The van der Waals surface area contributed by atoms with Gasteiger partial charge in [-0.15, -0.1) is 0 Å². The molecule has 1 aliphatic rings. The van der Waals surface area contributed by atoms with Gasteiger partial charge in [0.1, 0.15) is 29.4 Å². The van der Waals surface area contributed by atoms with E-state index in [1.54, 1.807) is 6.07 Å². The molecule has 4 nitrogen and oxygen atoms in total. The summed E-state index contributed by atoms with van der Waals surface area (Å²) in [5, 5.41) is 3.50. The van der Waals surface area contributed by atoms with Crippen LogP contribution in [0.25, 0.3) is 0 Å². The van der Waals surface area contributed by atoms with Crippen LogP contribution in [-0.4, -0.2) is 18.3 Å². The number of benzene rings is 3. The van der Waals surface area contributed by atoms with Gasteiger partial charge in [-0.2, -0.15) is 0 Å². The topological polar surface area (TPSA) is 39.7 Å². The molecule has 0 saturated carbocycles. The number of hydrogen-bond donors (Lipinski definition) is 1.